The molecule has 6 fully saturated rings. The van der Waals surface area contributed by atoms with Crippen molar-refractivity contribution >= 4 is 18.9 Å². The Morgan fingerprint density at radius 2 is 1.90 bits per heavy atom. The molecule has 6 aliphatic rings. The Morgan fingerprint density at radius 3 is 2.56 bits per heavy atom. The van der Waals surface area contributed by atoms with Gasteiger partial charge in [0.25, 0.3) is 5.92 Å². The van der Waals surface area contributed by atoms with Gasteiger partial charge in [0.2, 0.25) is 11.8 Å². The summed E-state index contributed by atoms with van der Waals surface area (Å²) in [5.74, 6) is -3.46. The lowest BCUT2D eigenvalue weighted by Gasteiger charge is -2.64. The van der Waals surface area contributed by atoms with Crippen molar-refractivity contribution in [3.63, 3.8) is 0 Å². The smallest absolute Gasteiger partial charge is 0.404 e. The first-order valence-electron chi connectivity index (χ1n) is 19.0. The number of carbonyl (C=O) groups excluding carboxylic acids is 2. The van der Waals surface area contributed by atoms with E-state index in [1.807, 2.05) is 39.0 Å². The van der Waals surface area contributed by atoms with Crippen LogP contribution in [0.1, 0.15) is 98.5 Å². The average molecular weight is 695 g/mol. The maximum Gasteiger partial charge on any atom is 0.481 e. The van der Waals surface area contributed by atoms with E-state index in [0.717, 1.165) is 32.1 Å². The molecule has 2 amide bonds. The minimum absolute atomic E-state index is 0.0238. The largest absolute Gasteiger partial charge is 0.481 e. The lowest BCUT2D eigenvalue weighted by atomic mass is 9.43. The zero-order chi connectivity index (χ0) is 36.1. The molecular weight excluding hydrogens is 637 g/mol. The van der Waals surface area contributed by atoms with Gasteiger partial charge in [0.05, 0.1) is 30.3 Å². The molecule has 50 heavy (non-hydrogen) atoms. The molecule has 0 spiro atoms. The van der Waals surface area contributed by atoms with Gasteiger partial charge in [0.15, 0.2) is 0 Å². The van der Waals surface area contributed by atoms with Gasteiger partial charge in [-0.05, 0) is 100 Å². The van der Waals surface area contributed by atoms with Crippen LogP contribution in [0.5, 0.6) is 0 Å². The number of likely N-dealkylation sites (tertiary alicyclic amines) is 2. The lowest BCUT2D eigenvalue weighted by molar-refractivity contribution is -0.199. The summed E-state index contributed by atoms with van der Waals surface area (Å²) in [7, 11) is -0.522. The SMILES string of the molecule is CC(CC(C)(C)N1CCC(F)(F)C1)C(C#N)C(=O)N1CCC[C@H](CC(=O)N[C@@H](CCc2ccccc2)B2O[C@@H]3C[C@@H]4C[C@@H](C4(C)C)[C@]3(C)O2)C1. The van der Waals surface area contributed by atoms with Crippen LogP contribution in [0.4, 0.5) is 8.78 Å². The molecule has 2 bridgehead atoms. The molecule has 274 valence electrons. The van der Waals surface area contributed by atoms with Crippen LogP contribution in [-0.2, 0) is 25.3 Å². The van der Waals surface area contributed by atoms with Gasteiger partial charge in [-0.1, -0.05) is 51.1 Å². The summed E-state index contributed by atoms with van der Waals surface area (Å²) in [6.07, 6.45) is 5.79. The Balaban J connectivity index is 1.06. The Hall–Kier alpha value is -2.55. The normalized spacial score (nSPS) is 32.0. The van der Waals surface area contributed by atoms with Crippen molar-refractivity contribution in [3.05, 3.63) is 35.9 Å². The third kappa shape index (κ3) is 7.50. The quantitative estimate of drug-likeness (QED) is 0.259. The van der Waals surface area contributed by atoms with Crippen LogP contribution in [0.25, 0.3) is 0 Å². The first-order valence-corrected chi connectivity index (χ1v) is 19.0. The molecule has 7 rings (SSSR count). The van der Waals surface area contributed by atoms with Crippen LogP contribution < -0.4 is 5.32 Å². The minimum Gasteiger partial charge on any atom is -0.404 e. The average Bonchev–Trinajstić information content (AvgIpc) is 3.62. The molecule has 11 heteroatoms. The number of amides is 2. The van der Waals surface area contributed by atoms with Crippen molar-refractivity contribution in [2.24, 2.45) is 35.0 Å². The second kappa shape index (κ2) is 14.1. The summed E-state index contributed by atoms with van der Waals surface area (Å²) in [5.41, 5.74) is 0.487. The Bertz CT molecular complexity index is 1440. The monoisotopic (exact) mass is 694 g/mol. The predicted molar refractivity (Wildman–Crippen MR) is 189 cm³/mol. The van der Waals surface area contributed by atoms with Gasteiger partial charge in [-0.3, -0.25) is 14.5 Å². The summed E-state index contributed by atoms with van der Waals surface area (Å²) in [6.45, 7) is 13.6. The van der Waals surface area contributed by atoms with Gasteiger partial charge >= 0.3 is 7.12 Å². The van der Waals surface area contributed by atoms with Crippen LogP contribution in [0.2, 0.25) is 0 Å². The second-order valence-electron chi connectivity index (χ2n) is 17.7. The number of aryl methyl sites for hydroxylation is 1. The van der Waals surface area contributed by atoms with Crippen molar-refractivity contribution in [1.82, 2.24) is 15.1 Å². The number of piperidine rings is 1. The van der Waals surface area contributed by atoms with Crippen molar-refractivity contribution in [2.75, 3.05) is 26.2 Å². The summed E-state index contributed by atoms with van der Waals surface area (Å²) in [4.78, 5) is 31.0. The van der Waals surface area contributed by atoms with Crippen molar-refractivity contribution in [3.8, 4) is 6.07 Å². The molecule has 2 unspecified atom stereocenters. The summed E-state index contributed by atoms with van der Waals surface area (Å²) < 4.78 is 41.4. The zero-order valence-electron chi connectivity index (χ0n) is 30.9. The number of benzene rings is 1. The molecule has 3 aliphatic carbocycles. The Morgan fingerprint density at radius 1 is 1.16 bits per heavy atom. The van der Waals surface area contributed by atoms with Gasteiger partial charge in [-0.25, -0.2) is 8.78 Å². The van der Waals surface area contributed by atoms with E-state index in [4.69, 9.17) is 9.31 Å². The van der Waals surface area contributed by atoms with Crippen molar-refractivity contribution in [2.45, 2.75) is 128 Å². The third-order valence-corrected chi connectivity index (χ3v) is 13.4. The molecule has 0 aromatic heterocycles. The molecule has 3 saturated heterocycles. The van der Waals surface area contributed by atoms with Crippen molar-refractivity contribution < 1.29 is 27.7 Å². The number of halogens is 2. The standard InChI is InChI=1S/C39H57BF2N4O4/c1-26(22-36(2,3)46-18-16-39(41,42)25-46)30(23-43)35(48)45-17-10-13-28(24-45)19-34(47)44-33(15-14-27-11-8-7-9-12-27)40-49-32-21-29-20-31(37(29,4)5)38(32,6)50-40/h7-9,11-12,26,28-33H,10,13-22,24-25H2,1-6H3,(H,44,47)/t26?,28-,29+,30?,31+,32-,33+,38+/m1/s1. The van der Waals surface area contributed by atoms with Gasteiger partial charge < -0.3 is 19.5 Å². The third-order valence-electron chi connectivity index (χ3n) is 13.4. The van der Waals surface area contributed by atoms with Gasteiger partial charge in [-0.15, -0.1) is 0 Å². The van der Waals surface area contributed by atoms with E-state index in [1.165, 1.54) is 5.56 Å². The van der Waals surface area contributed by atoms with Crippen LogP contribution in [0.15, 0.2) is 30.3 Å². The molecule has 1 aromatic rings. The van der Waals surface area contributed by atoms with Crippen LogP contribution in [-0.4, -0.2) is 84.0 Å². The topological polar surface area (TPSA) is 94.9 Å². The van der Waals surface area contributed by atoms with E-state index in [9.17, 15) is 23.6 Å². The number of nitriles is 1. The summed E-state index contributed by atoms with van der Waals surface area (Å²) in [6, 6.07) is 12.5. The highest BCUT2D eigenvalue weighted by Crippen LogP contribution is 2.65. The van der Waals surface area contributed by atoms with E-state index >= 15 is 0 Å². The first kappa shape index (κ1) is 37.2. The number of hydrogen-bond donors (Lipinski definition) is 1. The first-order chi connectivity index (χ1) is 23.5. The molecule has 1 N–H and O–H groups in total. The second-order valence-corrected chi connectivity index (χ2v) is 17.7. The van der Waals surface area contributed by atoms with E-state index in [-0.39, 0.29) is 66.1 Å². The fraction of sp³-hybridized carbons (Fsp3) is 0.769. The van der Waals surface area contributed by atoms with E-state index < -0.39 is 24.5 Å². The van der Waals surface area contributed by atoms with Crippen LogP contribution in [0.3, 0.4) is 0 Å². The number of nitrogens with one attached hydrogen (secondary N) is 1. The number of nitrogens with zero attached hydrogens (tertiary/aromatic N) is 3. The zero-order valence-corrected chi connectivity index (χ0v) is 30.9. The fourth-order valence-electron chi connectivity index (χ4n) is 10.2. The Kier molecular flexibility index (Phi) is 10.5. The highest BCUT2D eigenvalue weighted by molar-refractivity contribution is 6.47. The van der Waals surface area contributed by atoms with E-state index in [1.54, 1.807) is 9.80 Å². The van der Waals surface area contributed by atoms with Gasteiger partial charge in [0, 0.05) is 38.0 Å². The lowest BCUT2D eigenvalue weighted by Crippen LogP contribution is -2.65. The molecule has 8 atom stereocenters. The molecular formula is C39H57BF2N4O4. The minimum atomic E-state index is -2.70. The van der Waals surface area contributed by atoms with E-state index in [0.29, 0.717) is 44.3 Å². The molecule has 0 radical (unpaired) electrons. The number of alkyl halides is 2. The molecule has 3 saturated carbocycles. The maximum absolute atomic E-state index is 14.0. The molecule has 3 heterocycles. The van der Waals surface area contributed by atoms with E-state index in [2.05, 4.69) is 44.3 Å². The number of hydrogen-bond acceptors (Lipinski definition) is 6. The molecule has 8 nitrogen and oxygen atoms in total. The van der Waals surface area contributed by atoms with Gasteiger partial charge in [0.1, 0.15) is 5.92 Å². The van der Waals surface area contributed by atoms with Gasteiger partial charge in [-0.2, -0.15) is 5.26 Å². The molecule has 1 aromatic carbocycles. The summed E-state index contributed by atoms with van der Waals surface area (Å²) in [5, 5.41) is 13.4. The summed E-state index contributed by atoms with van der Waals surface area (Å²) >= 11 is 0. The fourth-order valence-corrected chi connectivity index (χ4v) is 10.2. The molecule has 3 aliphatic heterocycles. The van der Waals surface area contributed by atoms with Crippen LogP contribution >= 0.6 is 0 Å². The Labute approximate surface area is 298 Å². The maximum atomic E-state index is 14.0. The highest BCUT2D eigenvalue weighted by atomic mass is 19.3. The number of carbonyl (C=O) groups is 2. The van der Waals surface area contributed by atoms with Crippen LogP contribution in [0, 0.1) is 46.3 Å². The van der Waals surface area contributed by atoms with Crippen molar-refractivity contribution in [1.29, 1.82) is 5.26 Å². The predicted octanol–water partition coefficient (Wildman–Crippen LogP) is 6.29. The highest BCUT2D eigenvalue weighted by Gasteiger charge is 2.68. The number of rotatable bonds is 12.